The monoisotopic (exact) mass is 409 g/mol. The van der Waals surface area contributed by atoms with Gasteiger partial charge < -0.3 is 4.74 Å². The van der Waals surface area contributed by atoms with E-state index >= 15 is 0 Å². The number of nitrogens with zero attached hydrogens (tertiary/aromatic N) is 1. The largest absolute Gasteiger partial charge is 0.494 e. The molecule has 0 aromatic heterocycles. The smallest absolute Gasteiger partial charge is 0.272 e. The molecule has 152 valence electrons. The summed E-state index contributed by atoms with van der Waals surface area (Å²) < 4.78 is 5.50. The van der Waals surface area contributed by atoms with Crippen molar-refractivity contribution in [3.63, 3.8) is 0 Å². The van der Waals surface area contributed by atoms with E-state index in [0.29, 0.717) is 28.7 Å². The first-order valence-electron chi connectivity index (χ1n) is 9.96. The zero-order valence-electron chi connectivity index (χ0n) is 17.6. The van der Waals surface area contributed by atoms with Crippen molar-refractivity contribution in [2.24, 2.45) is 0 Å². The highest BCUT2D eigenvalue weighted by Crippen LogP contribution is 2.40. The van der Waals surface area contributed by atoms with Gasteiger partial charge in [0.2, 0.25) is 0 Å². The molecule has 0 bridgehead atoms. The summed E-state index contributed by atoms with van der Waals surface area (Å²) in [5.74, 6) is 0.598. The van der Waals surface area contributed by atoms with E-state index in [0.717, 1.165) is 11.3 Å². The molecular formula is C24H27NO3S. The first-order chi connectivity index (χ1) is 13.8. The fourth-order valence-corrected chi connectivity index (χ4v) is 4.22. The average Bonchev–Trinajstić information content (AvgIpc) is 2.92. The maximum Gasteiger partial charge on any atom is 0.272 e. The van der Waals surface area contributed by atoms with Crippen LogP contribution in [0.1, 0.15) is 51.7 Å². The van der Waals surface area contributed by atoms with E-state index in [-0.39, 0.29) is 17.1 Å². The van der Waals surface area contributed by atoms with Crippen LogP contribution in [-0.2, 0) is 9.59 Å². The third kappa shape index (κ3) is 4.40. The summed E-state index contributed by atoms with van der Waals surface area (Å²) in [6.45, 7) is 10.8. The molecule has 0 saturated heterocycles. The molecule has 2 aromatic carbocycles. The number of benzene rings is 2. The van der Waals surface area contributed by atoms with Crippen molar-refractivity contribution in [3.05, 3.63) is 64.6 Å². The van der Waals surface area contributed by atoms with Crippen LogP contribution in [0.15, 0.2) is 53.4 Å². The third-order valence-corrected chi connectivity index (χ3v) is 5.75. The maximum absolute atomic E-state index is 13.3. The predicted octanol–water partition coefficient (Wildman–Crippen LogP) is 5.63. The molecule has 0 aliphatic carbocycles. The van der Waals surface area contributed by atoms with Crippen LogP contribution in [0.5, 0.6) is 5.75 Å². The van der Waals surface area contributed by atoms with E-state index in [9.17, 15) is 9.59 Å². The zero-order valence-corrected chi connectivity index (χ0v) is 18.4. The Balaban J connectivity index is 2.00. The van der Waals surface area contributed by atoms with E-state index in [1.807, 2.05) is 69.3 Å². The number of imide groups is 1. The van der Waals surface area contributed by atoms with Crippen molar-refractivity contribution in [3.8, 4) is 5.75 Å². The Hall–Kier alpha value is -2.53. The van der Waals surface area contributed by atoms with Crippen LogP contribution in [0.4, 0.5) is 5.69 Å². The van der Waals surface area contributed by atoms with Gasteiger partial charge in [0.25, 0.3) is 11.8 Å². The predicted molar refractivity (Wildman–Crippen MR) is 120 cm³/mol. The maximum atomic E-state index is 13.3. The second-order valence-electron chi connectivity index (χ2n) is 7.52. The second kappa shape index (κ2) is 8.87. The summed E-state index contributed by atoms with van der Waals surface area (Å²) >= 11 is 1.43. The van der Waals surface area contributed by atoms with Crippen molar-refractivity contribution >= 4 is 34.8 Å². The molecule has 4 nitrogen and oxygen atoms in total. The summed E-state index contributed by atoms with van der Waals surface area (Å²) in [7, 11) is 0. The van der Waals surface area contributed by atoms with Crippen molar-refractivity contribution in [2.75, 3.05) is 11.5 Å². The van der Waals surface area contributed by atoms with Crippen LogP contribution in [0, 0.1) is 0 Å². The number of carbonyl (C=O) groups is 2. The van der Waals surface area contributed by atoms with Gasteiger partial charge in [0.05, 0.1) is 22.8 Å². The van der Waals surface area contributed by atoms with Crippen LogP contribution in [-0.4, -0.2) is 23.7 Å². The van der Waals surface area contributed by atoms with Gasteiger partial charge in [-0.1, -0.05) is 52.0 Å². The molecule has 0 N–H and O–H groups in total. The Kier molecular flexibility index (Phi) is 6.48. The Morgan fingerprint density at radius 1 is 0.897 bits per heavy atom. The molecule has 29 heavy (non-hydrogen) atoms. The molecule has 5 heteroatoms. The lowest BCUT2D eigenvalue weighted by Gasteiger charge is -2.16. The summed E-state index contributed by atoms with van der Waals surface area (Å²) in [6, 6.07) is 15.0. The average molecular weight is 410 g/mol. The third-order valence-electron chi connectivity index (χ3n) is 4.67. The van der Waals surface area contributed by atoms with Gasteiger partial charge in [-0.05, 0) is 48.2 Å². The van der Waals surface area contributed by atoms with E-state index in [4.69, 9.17) is 4.74 Å². The van der Waals surface area contributed by atoms with Gasteiger partial charge in [-0.15, -0.1) is 11.8 Å². The highest BCUT2D eigenvalue weighted by molar-refractivity contribution is 8.04. The molecule has 1 aliphatic heterocycles. The molecule has 0 spiro atoms. The van der Waals surface area contributed by atoms with Crippen LogP contribution in [0.3, 0.4) is 0 Å². The van der Waals surface area contributed by atoms with Gasteiger partial charge in [-0.25, -0.2) is 4.90 Å². The second-order valence-corrected chi connectivity index (χ2v) is 9.11. The Morgan fingerprint density at radius 2 is 1.52 bits per heavy atom. The molecule has 0 atom stereocenters. The van der Waals surface area contributed by atoms with E-state index in [2.05, 4.69) is 13.8 Å². The lowest BCUT2D eigenvalue weighted by atomic mass is 10.0. The summed E-state index contributed by atoms with van der Waals surface area (Å²) in [6.07, 6.45) is 0. The first-order valence-corrected chi connectivity index (χ1v) is 10.8. The van der Waals surface area contributed by atoms with Crippen molar-refractivity contribution < 1.29 is 14.3 Å². The van der Waals surface area contributed by atoms with Gasteiger partial charge in [0, 0.05) is 5.25 Å². The lowest BCUT2D eigenvalue weighted by molar-refractivity contribution is -0.119. The molecule has 0 saturated carbocycles. The first kappa shape index (κ1) is 21.2. The highest BCUT2D eigenvalue weighted by atomic mass is 32.2. The minimum atomic E-state index is -0.278. The number of hydrogen-bond acceptors (Lipinski definition) is 4. The fourth-order valence-electron chi connectivity index (χ4n) is 3.24. The molecule has 0 unspecified atom stereocenters. The van der Waals surface area contributed by atoms with Gasteiger partial charge in [0.15, 0.2) is 0 Å². The normalized spacial score (nSPS) is 14.5. The van der Waals surface area contributed by atoms with Crippen LogP contribution >= 0.6 is 11.8 Å². The van der Waals surface area contributed by atoms with E-state index < -0.39 is 0 Å². The molecule has 1 aliphatic rings. The van der Waals surface area contributed by atoms with Crippen molar-refractivity contribution in [2.45, 2.75) is 45.8 Å². The minimum Gasteiger partial charge on any atom is -0.494 e. The number of thioether (sulfide) groups is 1. The quantitative estimate of drug-likeness (QED) is 0.556. The standard InChI is InChI=1S/C24H27NO3S/c1-6-28-20-13-9-18(10-14-20)21-22(29-16(4)5)24(27)25(23(21)26)19-11-7-17(8-12-19)15(2)3/h7-16H,6H2,1-5H3. The van der Waals surface area contributed by atoms with Crippen molar-refractivity contribution in [1.82, 2.24) is 0 Å². The van der Waals surface area contributed by atoms with Gasteiger partial charge in [-0.2, -0.15) is 0 Å². The number of anilines is 1. The molecule has 0 fully saturated rings. The summed E-state index contributed by atoms with van der Waals surface area (Å²) in [5.41, 5.74) is 2.97. The molecule has 1 heterocycles. The van der Waals surface area contributed by atoms with Crippen LogP contribution < -0.4 is 9.64 Å². The van der Waals surface area contributed by atoms with Crippen molar-refractivity contribution in [1.29, 1.82) is 0 Å². The Bertz CT molecular complexity index is 928. The Morgan fingerprint density at radius 3 is 2.03 bits per heavy atom. The lowest BCUT2D eigenvalue weighted by Crippen LogP contribution is -2.31. The molecular weight excluding hydrogens is 382 g/mol. The van der Waals surface area contributed by atoms with Gasteiger partial charge >= 0.3 is 0 Å². The van der Waals surface area contributed by atoms with E-state index in [1.165, 1.54) is 22.2 Å². The summed E-state index contributed by atoms with van der Waals surface area (Å²) in [5, 5.41) is 0.183. The number of carbonyl (C=O) groups excluding carboxylic acids is 2. The van der Waals surface area contributed by atoms with E-state index in [1.54, 1.807) is 0 Å². The van der Waals surface area contributed by atoms with Crippen LogP contribution in [0.25, 0.3) is 5.57 Å². The van der Waals surface area contributed by atoms with Gasteiger partial charge in [-0.3, -0.25) is 9.59 Å². The highest BCUT2D eigenvalue weighted by Gasteiger charge is 2.40. The topological polar surface area (TPSA) is 46.6 Å². The SMILES string of the molecule is CCOc1ccc(C2=C(SC(C)C)C(=O)N(c3ccc(C(C)C)cc3)C2=O)cc1. The number of hydrogen-bond donors (Lipinski definition) is 0. The van der Waals surface area contributed by atoms with Crippen LogP contribution in [0.2, 0.25) is 0 Å². The number of amides is 2. The summed E-state index contributed by atoms with van der Waals surface area (Å²) in [4.78, 5) is 28.4. The molecule has 2 amide bonds. The minimum absolute atomic E-state index is 0.183. The zero-order chi connectivity index (χ0) is 21.1. The molecule has 0 radical (unpaired) electrons. The fraction of sp³-hybridized carbons (Fsp3) is 0.333. The van der Waals surface area contributed by atoms with Gasteiger partial charge in [0.1, 0.15) is 5.75 Å². The number of rotatable bonds is 7. The Labute approximate surface area is 176 Å². The molecule has 2 aromatic rings. The molecule has 3 rings (SSSR count). The number of ether oxygens (including phenoxy) is 1.